The molecule has 2 aromatic heterocycles. The van der Waals surface area contributed by atoms with Crippen LogP contribution in [0.5, 0.6) is 0 Å². The lowest BCUT2D eigenvalue weighted by atomic mass is 10.0. The Labute approximate surface area is 239 Å². The summed E-state index contributed by atoms with van der Waals surface area (Å²) in [6, 6.07) is 14.6. The predicted molar refractivity (Wildman–Crippen MR) is 149 cm³/mol. The monoisotopic (exact) mass is 578 g/mol. The molecule has 3 heterocycles. The number of pyridine rings is 1. The number of benzene rings is 2. The van der Waals surface area contributed by atoms with E-state index in [0.29, 0.717) is 42.2 Å². The Hall–Kier alpha value is -4.28. The lowest BCUT2D eigenvalue weighted by molar-refractivity contribution is -0.142. The Morgan fingerprint density at radius 3 is 2.35 bits per heavy atom. The van der Waals surface area contributed by atoms with Crippen molar-refractivity contribution in [3.63, 3.8) is 0 Å². The van der Waals surface area contributed by atoms with Crippen LogP contribution in [0.4, 0.5) is 5.69 Å². The van der Waals surface area contributed by atoms with Crippen molar-refractivity contribution in [1.29, 1.82) is 0 Å². The number of aliphatic carboxylic acids is 1. The third-order valence-corrected chi connectivity index (χ3v) is 7.22. The Morgan fingerprint density at radius 1 is 0.975 bits per heavy atom. The number of rotatable bonds is 9. The van der Waals surface area contributed by atoms with E-state index in [1.165, 1.54) is 12.4 Å². The van der Waals surface area contributed by atoms with Gasteiger partial charge in [-0.25, -0.2) is 4.79 Å². The second-order valence-corrected chi connectivity index (χ2v) is 10.2. The maximum Gasteiger partial charge on any atom is 0.326 e. The van der Waals surface area contributed by atoms with Crippen molar-refractivity contribution in [1.82, 2.24) is 25.1 Å². The van der Waals surface area contributed by atoms with Gasteiger partial charge in [0.25, 0.3) is 5.91 Å². The van der Waals surface area contributed by atoms with Crippen LogP contribution in [0.15, 0.2) is 67.0 Å². The highest BCUT2D eigenvalue weighted by atomic mass is 35.5. The number of nitrogens with zero attached hydrogens (tertiary/aromatic N) is 4. The number of hydrogen-bond acceptors (Lipinski definition) is 6. The van der Waals surface area contributed by atoms with Gasteiger partial charge < -0.3 is 20.3 Å². The average Bonchev–Trinajstić information content (AvgIpc) is 3.53. The molecular weight excluding hydrogens is 555 g/mol. The molecule has 0 bridgehead atoms. The van der Waals surface area contributed by atoms with Crippen LogP contribution in [-0.2, 0) is 28.9 Å². The molecule has 2 amide bonds. The lowest BCUT2D eigenvalue weighted by Crippen LogP contribution is -2.45. The maximum absolute atomic E-state index is 13.3. The van der Waals surface area contributed by atoms with Gasteiger partial charge >= 0.3 is 5.97 Å². The molecule has 1 unspecified atom stereocenters. The van der Waals surface area contributed by atoms with Crippen molar-refractivity contribution < 1.29 is 19.5 Å². The third kappa shape index (κ3) is 5.98. The molecule has 0 saturated heterocycles. The first kappa shape index (κ1) is 27.3. The standard InChI is InChI=1S/C28H24Cl2N6O4/c29-19-14-31-15-20(30)25(19)27(38)32-18-8-6-17(7-9-18)12-21(28(39)40)33-26(37)22-10-11-23-34-35-24(36(22)23)13-16-4-2-1-3-5-16/h1-9,14-15,21-22H,10-13H2,(H,32,38)(H,33,37)(H,39,40)/t21-,22?/m0/s1. The van der Waals surface area contributed by atoms with Gasteiger partial charge in [-0.15, -0.1) is 10.2 Å². The van der Waals surface area contributed by atoms with Crippen molar-refractivity contribution >= 4 is 46.7 Å². The van der Waals surface area contributed by atoms with Crippen molar-refractivity contribution in [2.45, 2.75) is 37.8 Å². The molecule has 2 aromatic carbocycles. The molecular formula is C28H24Cl2N6O4. The van der Waals surface area contributed by atoms with E-state index in [1.807, 2.05) is 34.9 Å². The number of hydrogen-bond donors (Lipinski definition) is 3. The van der Waals surface area contributed by atoms with Gasteiger partial charge in [-0.3, -0.25) is 14.6 Å². The Kier molecular flexibility index (Phi) is 8.09. The first-order valence-corrected chi connectivity index (χ1v) is 13.2. The highest BCUT2D eigenvalue weighted by molar-refractivity contribution is 6.40. The van der Waals surface area contributed by atoms with E-state index in [4.69, 9.17) is 23.2 Å². The summed E-state index contributed by atoms with van der Waals surface area (Å²) in [6.45, 7) is 0. The van der Waals surface area contributed by atoms with E-state index < -0.39 is 29.9 Å². The molecule has 0 fully saturated rings. The van der Waals surface area contributed by atoms with Gasteiger partial charge in [-0.05, 0) is 29.7 Å². The topological polar surface area (TPSA) is 139 Å². The Morgan fingerprint density at radius 2 is 1.68 bits per heavy atom. The number of anilines is 1. The SMILES string of the molecule is O=C(Nc1ccc(C[C@H](NC(=O)C2CCc3nnc(Cc4ccccc4)n32)C(=O)O)cc1)c1c(Cl)cncc1Cl. The third-order valence-electron chi connectivity index (χ3n) is 6.64. The summed E-state index contributed by atoms with van der Waals surface area (Å²) >= 11 is 12.1. The first-order chi connectivity index (χ1) is 19.3. The minimum atomic E-state index is -1.15. The molecule has 0 saturated carbocycles. The molecule has 12 heteroatoms. The number of amides is 2. The van der Waals surface area contributed by atoms with Gasteiger partial charge in [0, 0.05) is 37.3 Å². The van der Waals surface area contributed by atoms with Crippen LogP contribution in [0.3, 0.4) is 0 Å². The van der Waals surface area contributed by atoms with E-state index in [9.17, 15) is 19.5 Å². The molecule has 10 nitrogen and oxygen atoms in total. The molecule has 4 aromatic rings. The normalized spacial score (nSPS) is 14.8. The van der Waals surface area contributed by atoms with Gasteiger partial charge in [0.2, 0.25) is 5.91 Å². The van der Waals surface area contributed by atoms with Crippen molar-refractivity contribution in [3.8, 4) is 0 Å². The van der Waals surface area contributed by atoms with E-state index in [2.05, 4.69) is 25.8 Å². The Bertz CT molecular complexity index is 1540. The van der Waals surface area contributed by atoms with Gasteiger partial charge in [0.15, 0.2) is 0 Å². The molecule has 204 valence electrons. The van der Waals surface area contributed by atoms with Gasteiger partial charge in [0.05, 0.1) is 15.6 Å². The van der Waals surface area contributed by atoms with E-state index in [1.54, 1.807) is 24.3 Å². The van der Waals surface area contributed by atoms with Gasteiger partial charge in [-0.2, -0.15) is 0 Å². The number of aryl methyl sites for hydroxylation is 1. The highest BCUT2D eigenvalue weighted by Gasteiger charge is 2.34. The molecule has 1 aliphatic heterocycles. The second kappa shape index (κ2) is 11.8. The molecule has 40 heavy (non-hydrogen) atoms. The smallest absolute Gasteiger partial charge is 0.326 e. The number of carbonyl (C=O) groups excluding carboxylic acids is 2. The predicted octanol–water partition coefficient (Wildman–Crippen LogP) is 4.12. The highest BCUT2D eigenvalue weighted by Crippen LogP contribution is 2.28. The van der Waals surface area contributed by atoms with E-state index >= 15 is 0 Å². The van der Waals surface area contributed by atoms with Crippen LogP contribution in [0.1, 0.15) is 45.6 Å². The largest absolute Gasteiger partial charge is 0.480 e. The number of carboxylic acids is 1. The number of nitrogens with one attached hydrogen (secondary N) is 2. The van der Waals surface area contributed by atoms with Crippen LogP contribution in [0, 0.1) is 0 Å². The van der Waals surface area contributed by atoms with E-state index in [-0.39, 0.29) is 22.0 Å². The zero-order valence-electron chi connectivity index (χ0n) is 21.1. The molecule has 0 spiro atoms. The quantitative estimate of drug-likeness (QED) is 0.271. The molecule has 5 rings (SSSR count). The van der Waals surface area contributed by atoms with Crippen LogP contribution in [0.25, 0.3) is 0 Å². The number of halogens is 2. The van der Waals surface area contributed by atoms with Crippen LogP contribution in [-0.4, -0.2) is 48.7 Å². The molecule has 0 radical (unpaired) electrons. The zero-order valence-corrected chi connectivity index (χ0v) is 22.6. The van der Waals surface area contributed by atoms with Crippen LogP contribution >= 0.6 is 23.2 Å². The minimum Gasteiger partial charge on any atom is -0.480 e. The summed E-state index contributed by atoms with van der Waals surface area (Å²) in [7, 11) is 0. The van der Waals surface area contributed by atoms with Gasteiger partial charge in [0.1, 0.15) is 23.7 Å². The molecule has 3 N–H and O–H groups in total. The Balaban J connectivity index is 1.24. The number of aromatic nitrogens is 4. The average molecular weight is 579 g/mol. The maximum atomic E-state index is 13.3. The van der Waals surface area contributed by atoms with Crippen LogP contribution < -0.4 is 10.6 Å². The summed E-state index contributed by atoms with van der Waals surface area (Å²) < 4.78 is 1.82. The fourth-order valence-corrected chi connectivity index (χ4v) is 5.22. The summed E-state index contributed by atoms with van der Waals surface area (Å²) in [4.78, 5) is 41.8. The zero-order chi connectivity index (χ0) is 28.2. The van der Waals surface area contributed by atoms with Crippen LogP contribution in [0.2, 0.25) is 10.0 Å². The fraction of sp³-hybridized carbons (Fsp3) is 0.214. The lowest BCUT2D eigenvalue weighted by Gasteiger charge is -2.20. The van der Waals surface area contributed by atoms with E-state index in [0.717, 1.165) is 5.56 Å². The first-order valence-electron chi connectivity index (χ1n) is 12.5. The van der Waals surface area contributed by atoms with Crippen molar-refractivity contribution in [2.75, 3.05) is 5.32 Å². The number of fused-ring (bicyclic) bond motifs is 1. The number of carboxylic acid groups (broad SMARTS) is 1. The summed E-state index contributed by atoms with van der Waals surface area (Å²) in [5, 5.41) is 24.0. The summed E-state index contributed by atoms with van der Waals surface area (Å²) in [5.74, 6) is -0.672. The van der Waals surface area contributed by atoms with Gasteiger partial charge in [-0.1, -0.05) is 65.7 Å². The summed E-state index contributed by atoms with van der Waals surface area (Å²) in [5.41, 5.74) is 2.27. The number of carbonyl (C=O) groups is 3. The molecule has 1 aliphatic rings. The summed E-state index contributed by atoms with van der Waals surface area (Å²) in [6.07, 6.45) is 4.32. The molecule has 0 aliphatic carbocycles. The second-order valence-electron chi connectivity index (χ2n) is 9.35. The van der Waals surface area contributed by atoms with Crippen molar-refractivity contribution in [3.05, 3.63) is 105 Å². The van der Waals surface area contributed by atoms with Crippen molar-refractivity contribution in [2.24, 2.45) is 0 Å². The fourth-order valence-electron chi connectivity index (χ4n) is 4.68. The minimum absolute atomic E-state index is 0.0515. The molecule has 2 atom stereocenters.